The molecule has 23 heavy (non-hydrogen) atoms. The van der Waals surface area contributed by atoms with E-state index in [0.717, 1.165) is 31.4 Å². The number of halogens is 2. The number of aromatic nitrogens is 2. The predicted octanol–water partition coefficient (Wildman–Crippen LogP) is 3.42. The van der Waals surface area contributed by atoms with Crippen molar-refractivity contribution in [2.45, 2.75) is 26.2 Å². The van der Waals surface area contributed by atoms with Gasteiger partial charge in [-0.25, -0.2) is 18.7 Å². The van der Waals surface area contributed by atoms with E-state index in [2.05, 4.69) is 27.5 Å². The lowest BCUT2D eigenvalue weighted by molar-refractivity contribution is 0.0948. The third kappa shape index (κ3) is 4.98. The molecule has 1 aromatic heterocycles. The molecular weight excluding hydrogens is 302 g/mol. The number of hydrogen-bond donors (Lipinski definition) is 2. The molecule has 0 radical (unpaired) electrons. The summed E-state index contributed by atoms with van der Waals surface area (Å²) in [4.78, 5) is 19.8. The molecule has 0 unspecified atom stereocenters. The first-order valence-electron chi connectivity index (χ1n) is 7.42. The van der Waals surface area contributed by atoms with Crippen LogP contribution in [0.2, 0.25) is 0 Å². The smallest absolute Gasteiger partial charge is 0.270 e. The van der Waals surface area contributed by atoms with Crippen LogP contribution in [0.25, 0.3) is 0 Å². The van der Waals surface area contributed by atoms with Gasteiger partial charge in [-0.15, -0.1) is 0 Å². The van der Waals surface area contributed by atoms with E-state index in [-0.39, 0.29) is 11.6 Å². The van der Waals surface area contributed by atoms with Crippen LogP contribution < -0.4 is 10.6 Å². The summed E-state index contributed by atoms with van der Waals surface area (Å²) in [7, 11) is 0. The van der Waals surface area contributed by atoms with Crippen LogP contribution in [0.15, 0.2) is 30.6 Å². The molecule has 0 saturated carbocycles. The van der Waals surface area contributed by atoms with Crippen molar-refractivity contribution in [1.82, 2.24) is 15.3 Å². The van der Waals surface area contributed by atoms with Gasteiger partial charge in [0, 0.05) is 24.4 Å². The molecule has 2 N–H and O–H groups in total. The molecule has 0 aliphatic carbocycles. The first-order valence-corrected chi connectivity index (χ1v) is 7.42. The lowest BCUT2D eigenvalue weighted by Gasteiger charge is -2.08. The SMILES string of the molecule is CCCCCNC(=O)c1cc(Nc2ccc(F)c(F)c2)ncn1. The van der Waals surface area contributed by atoms with E-state index >= 15 is 0 Å². The van der Waals surface area contributed by atoms with Gasteiger partial charge in [-0.2, -0.15) is 0 Å². The van der Waals surface area contributed by atoms with Crippen LogP contribution >= 0.6 is 0 Å². The number of rotatable bonds is 7. The zero-order valence-electron chi connectivity index (χ0n) is 12.8. The average Bonchev–Trinajstić information content (AvgIpc) is 2.55. The summed E-state index contributed by atoms with van der Waals surface area (Å²) in [5.74, 6) is -1.86. The first-order chi connectivity index (χ1) is 11.1. The number of benzene rings is 1. The number of unbranched alkanes of at least 4 members (excludes halogenated alkanes) is 2. The van der Waals surface area contributed by atoms with Crippen LogP contribution in [0.1, 0.15) is 36.7 Å². The Morgan fingerprint density at radius 1 is 1.13 bits per heavy atom. The minimum atomic E-state index is -0.960. The molecule has 0 aliphatic rings. The molecule has 0 fully saturated rings. The molecule has 1 amide bonds. The van der Waals surface area contributed by atoms with E-state index in [4.69, 9.17) is 0 Å². The maximum Gasteiger partial charge on any atom is 0.270 e. The van der Waals surface area contributed by atoms with Crippen molar-refractivity contribution in [2.24, 2.45) is 0 Å². The average molecular weight is 320 g/mol. The summed E-state index contributed by atoms with van der Waals surface area (Å²) in [6.45, 7) is 2.67. The Morgan fingerprint density at radius 3 is 2.70 bits per heavy atom. The summed E-state index contributed by atoms with van der Waals surface area (Å²) >= 11 is 0. The molecule has 5 nitrogen and oxygen atoms in total. The maximum atomic E-state index is 13.2. The number of hydrogen-bond acceptors (Lipinski definition) is 4. The van der Waals surface area contributed by atoms with Crippen molar-refractivity contribution in [3.05, 3.63) is 47.9 Å². The zero-order valence-corrected chi connectivity index (χ0v) is 12.8. The van der Waals surface area contributed by atoms with Crippen LogP contribution in [0, 0.1) is 11.6 Å². The molecule has 0 saturated heterocycles. The standard InChI is InChI=1S/C16H18F2N4O/c1-2-3-4-7-19-16(23)14-9-15(21-10-20-14)22-11-5-6-12(17)13(18)8-11/h5-6,8-10H,2-4,7H2,1H3,(H,19,23)(H,20,21,22). The predicted molar refractivity (Wildman–Crippen MR) is 83.5 cm³/mol. The Bertz CT molecular complexity index is 679. The highest BCUT2D eigenvalue weighted by Gasteiger charge is 2.09. The molecule has 1 heterocycles. The minimum Gasteiger partial charge on any atom is -0.351 e. The molecule has 0 spiro atoms. The van der Waals surface area contributed by atoms with Gasteiger partial charge in [0.25, 0.3) is 5.91 Å². The largest absolute Gasteiger partial charge is 0.351 e. The van der Waals surface area contributed by atoms with Gasteiger partial charge in [-0.1, -0.05) is 19.8 Å². The lowest BCUT2D eigenvalue weighted by Crippen LogP contribution is -2.25. The Labute approximate surface area is 133 Å². The van der Waals surface area contributed by atoms with Crippen molar-refractivity contribution in [3.63, 3.8) is 0 Å². The van der Waals surface area contributed by atoms with Crippen molar-refractivity contribution in [2.75, 3.05) is 11.9 Å². The number of carbonyl (C=O) groups is 1. The highest BCUT2D eigenvalue weighted by molar-refractivity contribution is 5.92. The molecule has 2 aromatic rings. The van der Waals surface area contributed by atoms with Gasteiger partial charge in [0.05, 0.1) is 0 Å². The van der Waals surface area contributed by atoms with Gasteiger partial charge in [-0.3, -0.25) is 4.79 Å². The van der Waals surface area contributed by atoms with Crippen molar-refractivity contribution >= 4 is 17.4 Å². The van der Waals surface area contributed by atoms with Crippen molar-refractivity contribution in [3.8, 4) is 0 Å². The van der Waals surface area contributed by atoms with Gasteiger partial charge in [0.15, 0.2) is 11.6 Å². The van der Waals surface area contributed by atoms with E-state index in [1.807, 2.05) is 0 Å². The van der Waals surface area contributed by atoms with E-state index in [9.17, 15) is 13.6 Å². The number of amides is 1. The van der Waals surface area contributed by atoms with E-state index in [1.165, 1.54) is 18.5 Å². The third-order valence-electron chi connectivity index (χ3n) is 3.16. The fraction of sp³-hybridized carbons (Fsp3) is 0.312. The summed E-state index contributed by atoms with van der Waals surface area (Å²) in [5, 5.41) is 5.58. The maximum absolute atomic E-state index is 13.2. The summed E-state index contributed by atoms with van der Waals surface area (Å²) in [6, 6.07) is 4.86. The fourth-order valence-electron chi connectivity index (χ4n) is 1.94. The van der Waals surface area contributed by atoms with Crippen molar-refractivity contribution in [1.29, 1.82) is 0 Å². The zero-order chi connectivity index (χ0) is 16.7. The Morgan fingerprint density at radius 2 is 1.96 bits per heavy atom. The quantitative estimate of drug-likeness (QED) is 0.767. The van der Waals surface area contributed by atoms with Crippen LogP contribution in [0.3, 0.4) is 0 Å². The topological polar surface area (TPSA) is 66.9 Å². The normalized spacial score (nSPS) is 10.4. The highest BCUT2D eigenvalue weighted by atomic mass is 19.2. The molecule has 7 heteroatoms. The van der Waals surface area contributed by atoms with Gasteiger partial charge in [0.1, 0.15) is 17.8 Å². The van der Waals surface area contributed by atoms with Gasteiger partial charge in [-0.05, 0) is 18.6 Å². The monoisotopic (exact) mass is 320 g/mol. The number of nitrogens with zero attached hydrogens (tertiary/aromatic N) is 2. The van der Waals surface area contributed by atoms with Gasteiger partial charge >= 0.3 is 0 Å². The Hall–Kier alpha value is -2.57. The van der Waals surface area contributed by atoms with Crippen LogP contribution in [-0.2, 0) is 0 Å². The number of anilines is 2. The Balaban J connectivity index is 2.01. The second kappa shape index (κ2) is 8.17. The van der Waals surface area contributed by atoms with Crippen LogP contribution in [0.5, 0.6) is 0 Å². The van der Waals surface area contributed by atoms with E-state index in [1.54, 1.807) is 0 Å². The molecule has 2 rings (SSSR count). The third-order valence-corrected chi connectivity index (χ3v) is 3.16. The summed E-state index contributed by atoms with van der Waals surface area (Å²) in [5.41, 5.74) is 0.540. The Kier molecular flexibility index (Phi) is 5.96. The second-order valence-corrected chi connectivity index (χ2v) is 5.01. The first kappa shape index (κ1) is 16.8. The fourth-order valence-corrected chi connectivity index (χ4v) is 1.94. The molecule has 0 atom stereocenters. The van der Waals surface area contributed by atoms with Crippen LogP contribution in [-0.4, -0.2) is 22.4 Å². The minimum absolute atomic E-state index is 0.210. The molecule has 0 aliphatic heterocycles. The summed E-state index contributed by atoms with van der Waals surface area (Å²) in [6.07, 6.45) is 4.27. The molecule has 0 bridgehead atoms. The molecule has 122 valence electrons. The van der Waals surface area contributed by atoms with E-state index < -0.39 is 11.6 Å². The summed E-state index contributed by atoms with van der Waals surface area (Å²) < 4.78 is 26.1. The number of carbonyl (C=O) groups excluding carboxylic acids is 1. The number of nitrogens with one attached hydrogen (secondary N) is 2. The second-order valence-electron chi connectivity index (χ2n) is 5.01. The van der Waals surface area contributed by atoms with Crippen LogP contribution in [0.4, 0.5) is 20.3 Å². The molecular formula is C16H18F2N4O. The lowest BCUT2D eigenvalue weighted by atomic mass is 10.2. The van der Waals surface area contributed by atoms with Gasteiger partial charge < -0.3 is 10.6 Å². The van der Waals surface area contributed by atoms with Gasteiger partial charge in [0.2, 0.25) is 0 Å². The highest BCUT2D eigenvalue weighted by Crippen LogP contribution is 2.17. The van der Waals surface area contributed by atoms with E-state index in [0.29, 0.717) is 18.1 Å². The van der Waals surface area contributed by atoms with Crippen molar-refractivity contribution < 1.29 is 13.6 Å². The molecule has 1 aromatic carbocycles.